The van der Waals surface area contributed by atoms with Gasteiger partial charge >= 0.3 is 0 Å². The van der Waals surface area contributed by atoms with Crippen LogP contribution in [-0.4, -0.2) is 7.11 Å². The molecule has 0 fully saturated rings. The normalized spacial score (nSPS) is 10.7. The fraction of sp³-hybridized carbons (Fsp3) is 0.158. The molecule has 0 aliphatic heterocycles. The minimum Gasteiger partial charge on any atom is -0.381 e. The van der Waals surface area contributed by atoms with Gasteiger partial charge in [-0.3, -0.25) is 0 Å². The molecule has 0 saturated carbocycles. The first-order valence-corrected chi connectivity index (χ1v) is 7.15. The van der Waals surface area contributed by atoms with Gasteiger partial charge in [-0.15, -0.1) is 0 Å². The molecule has 2 heteroatoms. The lowest BCUT2D eigenvalue weighted by Crippen LogP contribution is -2.03. The Morgan fingerprint density at radius 1 is 0.810 bits per heavy atom. The van der Waals surface area contributed by atoms with Crippen molar-refractivity contribution in [3.05, 3.63) is 77.9 Å². The van der Waals surface area contributed by atoms with Gasteiger partial charge in [-0.1, -0.05) is 54.6 Å². The number of hydrogen-bond donors (Lipinski definition) is 1. The standard InChI is InChI=1S/C19H19NO/c1-21-14-18-9-5-4-8-17(18)13-20-19-11-10-15-6-2-3-7-16(15)12-19/h2-12,20H,13-14H2,1H3. The van der Waals surface area contributed by atoms with Crippen LogP contribution in [0.25, 0.3) is 10.8 Å². The second-order valence-corrected chi connectivity index (χ2v) is 5.12. The van der Waals surface area contributed by atoms with Gasteiger partial charge in [0.25, 0.3) is 0 Å². The van der Waals surface area contributed by atoms with Crippen LogP contribution < -0.4 is 5.32 Å². The Bertz CT molecular complexity index is 736. The van der Waals surface area contributed by atoms with E-state index in [2.05, 4.69) is 66.0 Å². The molecular weight excluding hydrogens is 258 g/mol. The van der Waals surface area contributed by atoms with Crippen LogP contribution in [0.15, 0.2) is 66.7 Å². The van der Waals surface area contributed by atoms with Crippen molar-refractivity contribution >= 4 is 16.5 Å². The molecule has 0 spiro atoms. The Balaban J connectivity index is 1.77. The largest absolute Gasteiger partial charge is 0.381 e. The molecule has 0 bridgehead atoms. The van der Waals surface area contributed by atoms with Crippen molar-refractivity contribution in [2.24, 2.45) is 0 Å². The summed E-state index contributed by atoms with van der Waals surface area (Å²) < 4.78 is 5.25. The summed E-state index contributed by atoms with van der Waals surface area (Å²) in [7, 11) is 1.73. The zero-order chi connectivity index (χ0) is 14.5. The predicted molar refractivity (Wildman–Crippen MR) is 88.4 cm³/mol. The molecule has 0 heterocycles. The van der Waals surface area contributed by atoms with Gasteiger partial charge in [0.2, 0.25) is 0 Å². The van der Waals surface area contributed by atoms with E-state index in [0.29, 0.717) is 6.61 Å². The van der Waals surface area contributed by atoms with Crippen molar-refractivity contribution in [3.63, 3.8) is 0 Å². The van der Waals surface area contributed by atoms with Crippen LogP contribution in [-0.2, 0) is 17.9 Å². The summed E-state index contributed by atoms with van der Waals surface area (Å²) in [4.78, 5) is 0. The molecule has 0 amide bonds. The van der Waals surface area contributed by atoms with Gasteiger partial charge in [0.15, 0.2) is 0 Å². The third-order valence-corrected chi connectivity index (χ3v) is 3.65. The molecule has 0 saturated heterocycles. The molecule has 0 aliphatic carbocycles. The van der Waals surface area contributed by atoms with Crippen LogP contribution in [0.3, 0.4) is 0 Å². The first kappa shape index (κ1) is 13.7. The number of ether oxygens (including phenoxy) is 1. The van der Waals surface area contributed by atoms with Crippen molar-refractivity contribution in [2.45, 2.75) is 13.2 Å². The summed E-state index contributed by atoms with van der Waals surface area (Å²) in [6, 6.07) is 23.2. The molecule has 3 rings (SSSR count). The molecule has 0 radical (unpaired) electrons. The minimum absolute atomic E-state index is 0.648. The van der Waals surface area contributed by atoms with E-state index >= 15 is 0 Å². The van der Waals surface area contributed by atoms with E-state index in [1.54, 1.807) is 7.11 Å². The summed E-state index contributed by atoms with van der Waals surface area (Å²) in [6.45, 7) is 1.45. The molecular formula is C19H19NO. The monoisotopic (exact) mass is 277 g/mol. The maximum absolute atomic E-state index is 5.25. The number of hydrogen-bond acceptors (Lipinski definition) is 2. The number of methoxy groups -OCH3 is 1. The van der Waals surface area contributed by atoms with E-state index in [4.69, 9.17) is 4.74 Å². The molecule has 106 valence electrons. The second-order valence-electron chi connectivity index (χ2n) is 5.12. The van der Waals surface area contributed by atoms with Crippen molar-refractivity contribution in [1.29, 1.82) is 0 Å². The first-order chi connectivity index (χ1) is 10.4. The quantitative estimate of drug-likeness (QED) is 0.736. The van der Waals surface area contributed by atoms with E-state index in [0.717, 1.165) is 12.2 Å². The minimum atomic E-state index is 0.648. The van der Waals surface area contributed by atoms with Gasteiger partial charge in [-0.05, 0) is 34.0 Å². The zero-order valence-corrected chi connectivity index (χ0v) is 12.2. The summed E-state index contributed by atoms with van der Waals surface area (Å²) in [6.07, 6.45) is 0. The Morgan fingerprint density at radius 2 is 1.52 bits per heavy atom. The number of nitrogens with one attached hydrogen (secondary N) is 1. The van der Waals surface area contributed by atoms with Crippen molar-refractivity contribution < 1.29 is 4.74 Å². The number of rotatable bonds is 5. The summed E-state index contributed by atoms with van der Waals surface area (Å²) in [5.74, 6) is 0. The Hall–Kier alpha value is -2.32. The van der Waals surface area contributed by atoms with E-state index in [-0.39, 0.29) is 0 Å². The Kier molecular flexibility index (Phi) is 4.17. The van der Waals surface area contributed by atoms with Crippen molar-refractivity contribution in [2.75, 3.05) is 12.4 Å². The van der Waals surface area contributed by atoms with Crippen LogP contribution in [0.5, 0.6) is 0 Å². The molecule has 21 heavy (non-hydrogen) atoms. The van der Waals surface area contributed by atoms with Gasteiger partial charge < -0.3 is 10.1 Å². The van der Waals surface area contributed by atoms with Crippen LogP contribution in [0.1, 0.15) is 11.1 Å². The molecule has 1 N–H and O–H groups in total. The SMILES string of the molecule is COCc1ccccc1CNc1ccc2ccccc2c1. The fourth-order valence-corrected chi connectivity index (χ4v) is 2.52. The summed E-state index contributed by atoms with van der Waals surface area (Å²) in [5.41, 5.74) is 3.64. The molecule has 3 aromatic rings. The van der Waals surface area contributed by atoms with Crippen LogP contribution in [0.4, 0.5) is 5.69 Å². The molecule has 2 nitrogen and oxygen atoms in total. The summed E-state index contributed by atoms with van der Waals surface area (Å²) in [5, 5.41) is 6.02. The molecule has 0 unspecified atom stereocenters. The molecule has 0 aromatic heterocycles. The van der Waals surface area contributed by atoms with Gasteiger partial charge in [0, 0.05) is 19.3 Å². The van der Waals surface area contributed by atoms with Crippen LogP contribution in [0.2, 0.25) is 0 Å². The number of anilines is 1. The van der Waals surface area contributed by atoms with Crippen LogP contribution >= 0.6 is 0 Å². The second kappa shape index (κ2) is 6.42. The average Bonchev–Trinajstić information content (AvgIpc) is 2.54. The topological polar surface area (TPSA) is 21.3 Å². The van der Waals surface area contributed by atoms with Gasteiger partial charge in [0.05, 0.1) is 6.61 Å². The zero-order valence-electron chi connectivity index (χ0n) is 12.2. The number of fused-ring (bicyclic) bond motifs is 1. The third kappa shape index (κ3) is 3.23. The molecule has 0 aliphatic rings. The van der Waals surface area contributed by atoms with Gasteiger partial charge in [-0.2, -0.15) is 0 Å². The van der Waals surface area contributed by atoms with Crippen molar-refractivity contribution in [1.82, 2.24) is 0 Å². The average molecular weight is 277 g/mol. The van der Waals surface area contributed by atoms with E-state index in [9.17, 15) is 0 Å². The highest BCUT2D eigenvalue weighted by Gasteiger charge is 2.02. The third-order valence-electron chi connectivity index (χ3n) is 3.65. The highest BCUT2D eigenvalue weighted by atomic mass is 16.5. The van der Waals surface area contributed by atoms with Crippen molar-refractivity contribution in [3.8, 4) is 0 Å². The summed E-state index contributed by atoms with van der Waals surface area (Å²) >= 11 is 0. The van der Waals surface area contributed by atoms with Crippen LogP contribution in [0, 0.1) is 0 Å². The maximum atomic E-state index is 5.25. The maximum Gasteiger partial charge on any atom is 0.0716 e. The fourth-order valence-electron chi connectivity index (χ4n) is 2.52. The van der Waals surface area contributed by atoms with Gasteiger partial charge in [0.1, 0.15) is 0 Å². The molecule has 3 aromatic carbocycles. The highest BCUT2D eigenvalue weighted by Crippen LogP contribution is 2.20. The first-order valence-electron chi connectivity index (χ1n) is 7.15. The Morgan fingerprint density at radius 3 is 2.33 bits per heavy atom. The Labute approximate surface area is 125 Å². The lowest BCUT2D eigenvalue weighted by atomic mass is 10.1. The molecule has 0 atom stereocenters. The smallest absolute Gasteiger partial charge is 0.0716 e. The van der Waals surface area contributed by atoms with E-state index < -0.39 is 0 Å². The number of benzene rings is 3. The highest BCUT2D eigenvalue weighted by molar-refractivity contribution is 5.85. The van der Waals surface area contributed by atoms with E-state index in [1.165, 1.54) is 21.9 Å². The predicted octanol–water partition coefficient (Wildman–Crippen LogP) is 4.60. The van der Waals surface area contributed by atoms with E-state index in [1.807, 2.05) is 6.07 Å². The lowest BCUT2D eigenvalue weighted by Gasteiger charge is -2.11. The van der Waals surface area contributed by atoms with Gasteiger partial charge in [-0.25, -0.2) is 0 Å². The lowest BCUT2D eigenvalue weighted by molar-refractivity contribution is 0.184.